The number of rotatable bonds is 6. The number of ether oxygens (including phenoxy) is 1. The Morgan fingerprint density at radius 2 is 2.13 bits per heavy atom. The molecule has 86 valence electrons. The summed E-state index contributed by atoms with van der Waals surface area (Å²) in [5, 5.41) is 0. The van der Waals surface area contributed by atoms with Gasteiger partial charge in [-0.3, -0.25) is 4.79 Å². The van der Waals surface area contributed by atoms with Crippen molar-refractivity contribution in [3.05, 3.63) is 0 Å². The van der Waals surface area contributed by atoms with Crippen molar-refractivity contribution >= 4 is 18.6 Å². The lowest BCUT2D eigenvalue weighted by Crippen LogP contribution is -2.18. The third kappa shape index (κ3) is 3.13. The number of carbonyl (C=O) groups is 1. The topological polar surface area (TPSA) is 26.3 Å². The summed E-state index contributed by atoms with van der Waals surface area (Å²) in [6.07, 6.45) is 7.97. The van der Waals surface area contributed by atoms with Crippen molar-refractivity contribution in [1.29, 1.82) is 0 Å². The van der Waals surface area contributed by atoms with E-state index in [4.69, 9.17) is 4.74 Å². The van der Waals surface area contributed by atoms with Gasteiger partial charge in [-0.05, 0) is 36.3 Å². The molecule has 0 heterocycles. The largest absolute Gasteiger partial charge is 0.466 e. The van der Waals surface area contributed by atoms with Gasteiger partial charge in [0.05, 0.1) is 13.0 Å². The summed E-state index contributed by atoms with van der Waals surface area (Å²) in [7, 11) is 0. The monoisotopic (exact) mass is 228 g/mol. The van der Waals surface area contributed by atoms with Gasteiger partial charge in [-0.1, -0.05) is 19.3 Å². The lowest BCUT2D eigenvalue weighted by Gasteiger charge is -2.24. The van der Waals surface area contributed by atoms with Crippen LogP contribution in [0.5, 0.6) is 0 Å². The molecule has 3 heteroatoms. The third-order valence-corrected chi connectivity index (χ3v) is 4.50. The first-order valence-electron chi connectivity index (χ1n) is 6.01. The van der Waals surface area contributed by atoms with Crippen LogP contribution in [0, 0.1) is 11.3 Å². The van der Waals surface area contributed by atoms with E-state index in [1.807, 2.05) is 0 Å². The predicted octanol–water partition coefficient (Wildman–Crippen LogP) is 2.82. The highest BCUT2D eigenvalue weighted by Crippen LogP contribution is 2.49. The molecule has 0 aromatic rings. The maximum atomic E-state index is 11.5. The van der Waals surface area contributed by atoms with Gasteiger partial charge in [0, 0.05) is 0 Å². The number of carbonyl (C=O) groups excluding carboxylic acids is 1. The molecule has 2 saturated carbocycles. The van der Waals surface area contributed by atoms with Crippen LogP contribution in [0.2, 0.25) is 0 Å². The van der Waals surface area contributed by atoms with Gasteiger partial charge in [0.2, 0.25) is 0 Å². The minimum absolute atomic E-state index is 0.0131. The van der Waals surface area contributed by atoms with Crippen molar-refractivity contribution < 1.29 is 9.53 Å². The Hall–Kier alpha value is -0.180. The van der Waals surface area contributed by atoms with Gasteiger partial charge in [-0.2, -0.15) is 12.6 Å². The zero-order valence-corrected chi connectivity index (χ0v) is 10.1. The van der Waals surface area contributed by atoms with Crippen LogP contribution in [-0.4, -0.2) is 18.3 Å². The number of hydrogen-bond acceptors (Lipinski definition) is 3. The molecule has 0 bridgehead atoms. The van der Waals surface area contributed by atoms with Gasteiger partial charge >= 0.3 is 5.97 Å². The van der Waals surface area contributed by atoms with Crippen LogP contribution in [0.15, 0.2) is 0 Å². The zero-order chi connectivity index (χ0) is 10.7. The Morgan fingerprint density at radius 3 is 2.60 bits per heavy atom. The summed E-state index contributed by atoms with van der Waals surface area (Å²) in [5.41, 5.74) is 0.205. The minimum Gasteiger partial charge on any atom is -0.466 e. The average molecular weight is 228 g/mol. The third-order valence-electron chi connectivity index (χ3n) is 3.83. The SMILES string of the molecule is O=C(CC1(CS)CC1)OCCC1CCC1. The van der Waals surface area contributed by atoms with Gasteiger partial charge in [0.25, 0.3) is 0 Å². The molecule has 0 N–H and O–H groups in total. The fourth-order valence-corrected chi connectivity index (χ4v) is 2.47. The Kier molecular flexibility index (Phi) is 3.60. The van der Waals surface area contributed by atoms with Gasteiger partial charge in [0.15, 0.2) is 0 Å². The van der Waals surface area contributed by atoms with E-state index in [9.17, 15) is 4.79 Å². The molecule has 2 fully saturated rings. The van der Waals surface area contributed by atoms with Crippen LogP contribution in [0.3, 0.4) is 0 Å². The van der Waals surface area contributed by atoms with E-state index in [-0.39, 0.29) is 11.4 Å². The highest BCUT2D eigenvalue weighted by Gasteiger charge is 2.43. The zero-order valence-electron chi connectivity index (χ0n) is 9.21. The normalized spacial score (nSPS) is 23.3. The molecule has 0 atom stereocenters. The summed E-state index contributed by atoms with van der Waals surface area (Å²) in [6.45, 7) is 0.631. The van der Waals surface area contributed by atoms with Crippen LogP contribution in [-0.2, 0) is 9.53 Å². The van der Waals surface area contributed by atoms with E-state index >= 15 is 0 Å². The van der Waals surface area contributed by atoms with Crippen molar-refractivity contribution in [1.82, 2.24) is 0 Å². The van der Waals surface area contributed by atoms with E-state index < -0.39 is 0 Å². The molecule has 0 saturated heterocycles. The summed E-state index contributed by atoms with van der Waals surface area (Å²) in [5.74, 6) is 1.64. The number of hydrogen-bond donors (Lipinski definition) is 1. The quantitative estimate of drug-likeness (QED) is 0.559. The molecule has 0 spiro atoms. The van der Waals surface area contributed by atoms with Crippen molar-refractivity contribution in [2.45, 2.75) is 44.9 Å². The van der Waals surface area contributed by atoms with E-state index in [2.05, 4.69) is 12.6 Å². The van der Waals surface area contributed by atoms with E-state index in [0.717, 1.165) is 30.9 Å². The molecule has 0 aromatic heterocycles. The second-order valence-corrected chi connectivity index (χ2v) is 5.46. The molecule has 15 heavy (non-hydrogen) atoms. The van der Waals surface area contributed by atoms with Gasteiger partial charge in [-0.15, -0.1) is 0 Å². The highest BCUT2D eigenvalue weighted by atomic mass is 32.1. The molecule has 0 aliphatic heterocycles. The smallest absolute Gasteiger partial charge is 0.306 e. The van der Waals surface area contributed by atoms with Crippen molar-refractivity contribution in [3.8, 4) is 0 Å². The molecule has 0 unspecified atom stereocenters. The first kappa shape index (κ1) is 11.3. The number of esters is 1. The fraction of sp³-hybridized carbons (Fsp3) is 0.917. The van der Waals surface area contributed by atoms with Crippen molar-refractivity contribution in [2.24, 2.45) is 11.3 Å². The second kappa shape index (κ2) is 4.77. The molecule has 2 rings (SSSR count). The molecule has 2 nitrogen and oxygen atoms in total. The van der Waals surface area contributed by atoms with Crippen LogP contribution >= 0.6 is 12.6 Å². The first-order valence-corrected chi connectivity index (χ1v) is 6.64. The van der Waals surface area contributed by atoms with E-state index in [0.29, 0.717) is 13.0 Å². The van der Waals surface area contributed by atoms with Gasteiger partial charge in [0.1, 0.15) is 0 Å². The maximum Gasteiger partial charge on any atom is 0.306 e. The lowest BCUT2D eigenvalue weighted by atomic mass is 9.83. The first-order chi connectivity index (χ1) is 7.24. The predicted molar refractivity (Wildman–Crippen MR) is 63.1 cm³/mol. The van der Waals surface area contributed by atoms with Gasteiger partial charge in [-0.25, -0.2) is 0 Å². The molecule has 0 aromatic carbocycles. The Bertz CT molecular complexity index is 232. The summed E-state index contributed by atoms with van der Waals surface area (Å²) in [6, 6.07) is 0. The van der Waals surface area contributed by atoms with E-state index in [1.54, 1.807) is 0 Å². The molecular weight excluding hydrogens is 208 g/mol. The second-order valence-electron chi connectivity index (χ2n) is 5.14. The highest BCUT2D eigenvalue weighted by molar-refractivity contribution is 7.80. The maximum absolute atomic E-state index is 11.5. The summed E-state index contributed by atoms with van der Waals surface area (Å²) in [4.78, 5) is 11.5. The number of thiol groups is 1. The van der Waals surface area contributed by atoms with Crippen LogP contribution in [0.4, 0.5) is 0 Å². The summed E-state index contributed by atoms with van der Waals surface area (Å²) >= 11 is 4.28. The van der Waals surface area contributed by atoms with Crippen LogP contribution in [0.1, 0.15) is 44.9 Å². The van der Waals surface area contributed by atoms with Crippen molar-refractivity contribution in [2.75, 3.05) is 12.4 Å². The minimum atomic E-state index is -0.0131. The fourth-order valence-electron chi connectivity index (χ4n) is 2.05. The van der Waals surface area contributed by atoms with Gasteiger partial charge < -0.3 is 4.74 Å². The van der Waals surface area contributed by atoms with Crippen molar-refractivity contribution in [3.63, 3.8) is 0 Å². The Balaban J connectivity index is 1.56. The molecule has 0 amide bonds. The molecule has 2 aliphatic rings. The Labute approximate surface area is 97.2 Å². The van der Waals surface area contributed by atoms with Crippen LogP contribution in [0.25, 0.3) is 0 Å². The van der Waals surface area contributed by atoms with Crippen LogP contribution < -0.4 is 0 Å². The molecule has 0 radical (unpaired) electrons. The standard InChI is InChI=1S/C12H20O2S/c13-11(8-12(9-15)5-6-12)14-7-4-10-2-1-3-10/h10,15H,1-9H2. The molecule has 2 aliphatic carbocycles. The summed E-state index contributed by atoms with van der Waals surface area (Å²) < 4.78 is 5.25. The lowest BCUT2D eigenvalue weighted by molar-refractivity contribution is -0.145. The average Bonchev–Trinajstić information content (AvgIpc) is 2.90. The Morgan fingerprint density at radius 1 is 1.40 bits per heavy atom. The molecular formula is C12H20O2S. The van der Waals surface area contributed by atoms with E-state index in [1.165, 1.54) is 19.3 Å².